The molecule has 0 atom stereocenters. The van der Waals surface area contributed by atoms with Gasteiger partial charge in [-0.3, -0.25) is 4.79 Å². The molecule has 1 N–H and O–H groups in total. The lowest BCUT2D eigenvalue weighted by molar-refractivity contribution is 0.0317. The number of nitrogens with zero attached hydrogens (tertiary/aromatic N) is 3. The van der Waals surface area contributed by atoms with Crippen molar-refractivity contribution in [3.63, 3.8) is 0 Å². The van der Waals surface area contributed by atoms with Gasteiger partial charge < -0.3 is 10.0 Å². The Bertz CT molecular complexity index is 319. The van der Waals surface area contributed by atoms with Gasteiger partial charge in [-0.1, -0.05) is 4.49 Å². The van der Waals surface area contributed by atoms with E-state index in [4.69, 9.17) is 0 Å². The summed E-state index contributed by atoms with van der Waals surface area (Å²) >= 11 is 1.07. The molecule has 0 radical (unpaired) electrons. The molecule has 1 aromatic rings. The number of aromatic nitrogens is 2. The van der Waals surface area contributed by atoms with Gasteiger partial charge in [-0.15, -0.1) is 5.10 Å². The van der Waals surface area contributed by atoms with Gasteiger partial charge >= 0.3 is 0 Å². The number of hydrogen-bond acceptors (Lipinski definition) is 5. The Labute approximate surface area is 92.9 Å². The standard InChI is InChI=1S/C9H15N3O2S/c1-4-12(6-9(2,3)14)8(13)7-5-10-11-15-7/h5,14H,4,6H2,1-3H3. The van der Waals surface area contributed by atoms with E-state index in [9.17, 15) is 9.90 Å². The molecule has 6 heteroatoms. The summed E-state index contributed by atoms with van der Waals surface area (Å²) in [6.07, 6.45) is 1.44. The molecule has 0 aliphatic heterocycles. The molecule has 0 aromatic carbocycles. The maximum atomic E-state index is 11.9. The van der Waals surface area contributed by atoms with Crippen molar-refractivity contribution < 1.29 is 9.90 Å². The topological polar surface area (TPSA) is 66.3 Å². The smallest absolute Gasteiger partial charge is 0.267 e. The average molecular weight is 229 g/mol. The molecule has 5 nitrogen and oxygen atoms in total. The Morgan fingerprint density at radius 2 is 2.33 bits per heavy atom. The van der Waals surface area contributed by atoms with Crippen LogP contribution in [0.3, 0.4) is 0 Å². The largest absolute Gasteiger partial charge is 0.389 e. The molecule has 0 spiro atoms. The van der Waals surface area contributed by atoms with Crippen molar-refractivity contribution in [1.29, 1.82) is 0 Å². The first kappa shape index (κ1) is 12.1. The summed E-state index contributed by atoms with van der Waals surface area (Å²) in [5.41, 5.74) is -0.885. The summed E-state index contributed by atoms with van der Waals surface area (Å²) in [4.78, 5) is 13.9. The zero-order chi connectivity index (χ0) is 11.5. The zero-order valence-corrected chi connectivity index (χ0v) is 9.91. The van der Waals surface area contributed by atoms with E-state index in [0.29, 0.717) is 18.0 Å². The van der Waals surface area contributed by atoms with Crippen LogP contribution in [0.1, 0.15) is 30.4 Å². The SMILES string of the molecule is CCN(CC(C)(C)O)C(=O)c1cnns1. The van der Waals surface area contributed by atoms with Crippen molar-refractivity contribution in [3.05, 3.63) is 11.1 Å². The molecule has 84 valence electrons. The van der Waals surface area contributed by atoms with Gasteiger partial charge in [0.2, 0.25) is 0 Å². The van der Waals surface area contributed by atoms with Crippen molar-refractivity contribution in [2.75, 3.05) is 13.1 Å². The molecule has 15 heavy (non-hydrogen) atoms. The van der Waals surface area contributed by atoms with Crippen LogP contribution < -0.4 is 0 Å². The lowest BCUT2D eigenvalue weighted by atomic mass is 10.1. The fourth-order valence-corrected chi connectivity index (χ4v) is 1.70. The molecule has 1 rings (SSSR count). The average Bonchev–Trinajstić information content (AvgIpc) is 2.64. The lowest BCUT2D eigenvalue weighted by Gasteiger charge is -2.27. The van der Waals surface area contributed by atoms with Crippen LogP contribution in [0.4, 0.5) is 0 Å². The molecule has 0 aliphatic carbocycles. The molecule has 0 fully saturated rings. The van der Waals surface area contributed by atoms with E-state index < -0.39 is 5.60 Å². The molecule has 0 saturated heterocycles. The summed E-state index contributed by atoms with van der Waals surface area (Å²) in [6, 6.07) is 0. The summed E-state index contributed by atoms with van der Waals surface area (Å²) < 4.78 is 3.64. The van der Waals surface area contributed by atoms with Gasteiger partial charge in [0.05, 0.1) is 11.8 Å². The summed E-state index contributed by atoms with van der Waals surface area (Å²) in [5, 5.41) is 13.3. The molecular weight excluding hydrogens is 214 g/mol. The van der Waals surface area contributed by atoms with Gasteiger partial charge in [-0.25, -0.2) is 0 Å². The maximum absolute atomic E-state index is 11.9. The molecule has 0 aliphatic rings. The summed E-state index contributed by atoms with van der Waals surface area (Å²) in [6.45, 7) is 6.08. The highest BCUT2D eigenvalue weighted by Crippen LogP contribution is 2.11. The third-order valence-electron chi connectivity index (χ3n) is 1.82. The zero-order valence-electron chi connectivity index (χ0n) is 9.10. The van der Waals surface area contributed by atoms with Crippen molar-refractivity contribution >= 4 is 17.4 Å². The highest BCUT2D eigenvalue weighted by molar-refractivity contribution is 7.07. The van der Waals surface area contributed by atoms with E-state index in [-0.39, 0.29) is 5.91 Å². The quantitative estimate of drug-likeness (QED) is 0.828. The van der Waals surface area contributed by atoms with E-state index in [1.54, 1.807) is 18.7 Å². The minimum atomic E-state index is -0.885. The molecule has 1 aromatic heterocycles. The predicted octanol–water partition coefficient (Wildman–Crippen LogP) is 0.771. The fraction of sp³-hybridized carbons (Fsp3) is 0.667. The van der Waals surface area contributed by atoms with Crippen molar-refractivity contribution in [1.82, 2.24) is 14.5 Å². The number of carbonyl (C=O) groups is 1. The van der Waals surface area contributed by atoms with Gasteiger partial charge in [0.25, 0.3) is 5.91 Å². The first-order chi connectivity index (χ1) is 6.94. The maximum Gasteiger partial charge on any atom is 0.267 e. The molecule has 0 saturated carbocycles. The fourth-order valence-electron chi connectivity index (χ4n) is 1.21. The van der Waals surface area contributed by atoms with Crippen molar-refractivity contribution in [2.45, 2.75) is 26.4 Å². The van der Waals surface area contributed by atoms with Crippen LogP contribution in [0.5, 0.6) is 0 Å². The highest BCUT2D eigenvalue weighted by atomic mass is 32.1. The van der Waals surface area contributed by atoms with Gasteiger partial charge in [0.1, 0.15) is 4.88 Å². The van der Waals surface area contributed by atoms with Crippen LogP contribution in [-0.4, -0.2) is 44.2 Å². The van der Waals surface area contributed by atoms with Gasteiger partial charge in [-0.2, -0.15) is 0 Å². The highest BCUT2D eigenvalue weighted by Gasteiger charge is 2.23. The number of hydrogen-bond donors (Lipinski definition) is 1. The van der Waals surface area contributed by atoms with Crippen molar-refractivity contribution in [2.24, 2.45) is 0 Å². The Morgan fingerprint density at radius 1 is 1.67 bits per heavy atom. The van der Waals surface area contributed by atoms with E-state index in [0.717, 1.165) is 11.5 Å². The van der Waals surface area contributed by atoms with E-state index in [2.05, 4.69) is 9.59 Å². The predicted molar refractivity (Wildman–Crippen MR) is 57.8 cm³/mol. The third kappa shape index (κ3) is 3.56. The number of amides is 1. The monoisotopic (exact) mass is 229 g/mol. The second kappa shape index (κ2) is 4.67. The van der Waals surface area contributed by atoms with Gasteiger partial charge in [0.15, 0.2) is 0 Å². The number of likely N-dealkylation sites (N-methyl/N-ethyl adjacent to an activating group) is 1. The lowest BCUT2D eigenvalue weighted by Crippen LogP contribution is -2.41. The Kier molecular flexibility index (Phi) is 3.76. The van der Waals surface area contributed by atoms with Crippen LogP contribution >= 0.6 is 11.5 Å². The third-order valence-corrected chi connectivity index (χ3v) is 2.47. The van der Waals surface area contributed by atoms with Crippen LogP contribution in [0.2, 0.25) is 0 Å². The Morgan fingerprint density at radius 3 is 2.73 bits per heavy atom. The van der Waals surface area contributed by atoms with Gasteiger partial charge in [0, 0.05) is 13.1 Å². The second-order valence-electron chi connectivity index (χ2n) is 3.91. The van der Waals surface area contributed by atoms with E-state index in [1.165, 1.54) is 6.20 Å². The molecule has 0 bridgehead atoms. The van der Waals surface area contributed by atoms with E-state index >= 15 is 0 Å². The minimum Gasteiger partial charge on any atom is -0.389 e. The Hall–Kier alpha value is -1.01. The first-order valence-corrected chi connectivity index (χ1v) is 5.50. The number of carbonyl (C=O) groups excluding carboxylic acids is 1. The number of rotatable bonds is 4. The van der Waals surface area contributed by atoms with Crippen LogP contribution in [0, 0.1) is 0 Å². The minimum absolute atomic E-state index is 0.130. The molecular formula is C9H15N3O2S. The summed E-state index contributed by atoms with van der Waals surface area (Å²) in [5.74, 6) is -0.130. The second-order valence-corrected chi connectivity index (χ2v) is 4.70. The van der Waals surface area contributed by atoms with Crippen LogP contribution in [0.25, 0.3) is 0 Å². The van der Waals surface area contributed by atoms with Crippen LogP contribution in [0.15, 0.2) is 6.20 Å². The van der Waals surface area contributed by atoms with Crippen LogP contribution in [-0.2, 0) is 0 Å². The van der Waals surface area contributed by atoms with E-state index in [1.807, 2.05) is 6.92 Å². The molecule has 1 amide bonds. The number of aliphatic hydroxyl groups is 1. The molecule has 0 unspecified atom stereocenters. The normalized spacial score (nSPS) is 11.5. The summed E-state index contributed by atoms with van der Waals surface area (Å²) in [7, 11) is 0. The first-order valence-electron chi connectivity index (χ1n) is 4.73. The Balaban J connectivity index is 2.72. The van der Waals surface area contributed by atoms with Gasteiger partial charge in [-0.05, 0) is 32.3 Å². The van der Waals surface area contributed by atoms with Crippen molar-refractivity contribution in [3.8, 4) is 0 Å². The molecule has 1 heterocycles.